The lowest BCUT2D eigenvalue weighted by Crippen LogP contribution is -2.74. The van der Waals surface area contributed by atoms with E-state index < -0.39 is 121 Å². The molecule has 4 aromatic rings. The lowest BCUT2D eigenvalue weighted by atomic mass is 10.1. The first-order chi connectivity index (χ1) is 53.9. The van der Waals surface area contributed by atoms with Crippen molar-refractivity contribution in [3.63, 3.8) is 0 Å². The number of aromatic hydroxyl groups is 8. The number of hydrogen-bond donors (Lipinski definition) is 9. The van der Waals surface area contributed by atoms with Gasteiger partial charge in [0.05, 0.1) is 0 Å². The van der Waals surface area contributed by atoms with Crippen LogP contribution in [0.3, 0.4) is 0 Å². The summed E-state index contributed by atoms with van der Waals surface area (Å²) < 4.78 is 121. The lowest BCUT2D eigenvalue weighted by Gasteiger charge is -2.52. The Balaban J connectivity index is 1.59. The van der Waals surface area contributed by atoms with Crippen LogP contribution < -0.4 is 0 Å². The molecule has 2 bridgehead atoms. The number of nitrogens with zero attached hydrogens (tertiary/aromatic N) is 4. The Bertz CT molecular complexity index is 4070. The number of thioether (sulfide) groups is 4. The predicted molar refractivity (Wildman–Crippen MR) is 504 cm³/mol. The van der Waals surface area contributed by atoms with Gasteiger partial charge in [0.2, 0.25) is 0 Å². The molecule has 0 radical (unpaired) electrons. The molecule has 6 atom stereocenters. The van der Waals surface area contributed by atoms with Crippen molar-refractivity contribution in [2.75, 3.05) is 79.3 Å². The van der Waals surface area contributed by atoms with E-state index in [1.807, 2.05) is 105 Å². The van der Waals surface area contributed by atoms with E-state index in [4.69, 9.17) is 86.1 Å². The molecule has 6 rings (SSSR count). The summed E-state index contributed by atoms with van der Waals surface area (Å²) in [7, 11) is -52.7. The molecule has 6 unspecified atom stereocenters. The van der Waals surface area contributed by atoms with Gasteiger partial charge >= 0.3 is 113 Å². The van der Waals surface area contributed by atoms with Gasteiger partial charge in [-0.05, 0) is 247 Å². The van der Waals surface area contributed by atoms with Crippen molar-refractivity contribution in [3.8, 4) is 46.0 Å². The summed E-state index contributed by atoms with van der Waals surface area (Å²) in [6.07, 6.45) is 0. The summed E-state index contributed by atoms with van der Waals surface area (Å²) in [5, 5.41) is 84.3. The summed E-state index contributed by atoms with van der Waals surface area (Å²) in [5.41, 5.74) is 3.88. The maximum absolute atomic E-state index is 13.1. The SMILES string of the molecule is CC[Si]1(O[Si](C)(C)C)O[Si](C)(C)O[Si]2(CCSCCN=C(C)c3cc(O)ccc3O)O[Si](C)(C)O[Si](CCSCCN=C(C)c3cc(O)ccc3O)(O[Si](C)(C)OC)O[Si](C)(C)O[Si](C)(CCSCCN=C(C)c3cc(O)ccc3O)O[Si](C)(O)O[Si](C)(C)O[Si](C)(C)O[Si](CCSCCN=C(C)c3cc(O)ccc3O)(O[Si](C)(C)O2)O1. The van der Waals surface area contributed by atoms with E-state index in [0.717, 1.165) is 0 Å². The van der Waals surface area contributed by atoms with Crippen molar-refractivity contribution >= 4 is 191 Å². The number of hydrogen-bond acceptors (Lipinski definition) is 33. The maximum atomic E-state index is 13.1. The fourth-order valence-electron chi connectivity index (χ4n) is 13.2. The van der Waals surface area contributed by atoms with Crippen LogP contribution in [0.2, 0.25) is 155 Å². The van der Waals surface area contributed by atoms with E-state index in [-0.39, 0.29) is 70.2 Å². The Morgan fingerprint density at radius 2 is 0.641 bits per heavy atom. The van der Waals surface area contributed by atoms with Crippen molar-refractivity contribution in [2.45, 2.75) is 189 Å². The first kappa shape index (κ1) is 104. The molecule has 0 spiro atoms. The van der Waals surface area contributed by atoms with Gasteiger partial charge < -0.3 is 112 Å². The molecule has 0 saturated carbocycles. The second kappa shape index (κ2) is 43.3. The standard InChI is InChI=1S/C70H130N4O25S4Si14/c1-26-114(85-104(7,8)9)90-109(18,19)93-116(49-45-102-41-37-73-57(4)65-53-61(77)29-33-69(65)81)95-110(20,21)94-115(89-105(10,11)84-6,48-44-101-40-36-72-56(3)64-52-60(76)28-32-68(64)80)92-108(16,17)87-112(24,47-43-100-39-35-71-55(2)63-51-59(75)27-31-67(63)79)98-113(25,83)88-106(12,13)86-107(14,15)91-117(99-114,97-111(22,23)96-116)50-46-103-42-38-74-58(5)66-54-62(78)30-34-70(66)82/h27-34,51-54,75-83H,26,35-50H2,1-25H3. The van der Waals surface area contributed by atoms with Gasteiger partial charge in [0, 0.05) is 132 Å². The zero-order valence-corrected chi connectivity index (χ0v) is 90.2. The summed E-state index contributed by atoms with van der Waals surface area (Å²) in [5.74, 6) is 3.83. The van der Waals surface area contributed by atoms with Crippen molar-refractivity contribution in [1.82, 2.24) is 0 Å². The molecule has 2 aliphatic heterocycles. The van der Waals surface area contributed by atoms with Crippen LogP contribution in [0.5, 0.6) is 46.0 Å². The fraction of sp³-hybridized carbons (Fsp3) is 0.600. The van der Waals surface area contributed by atoms with Crippen LogP contribution in [0.4, 0.5) is 0 Å². The number of benzene rings is 4. The Kier molecular flexibility index (Phi) is 38.3. The highest BCUT2D eigenvalue weighted by Crippen LogP contribution is 2.44. The van der Waals surface area contributed by atoms with E-state index in [1.165, 1.54) is 72.8 Å². The Morgan fingerprint density at radius 3 is 0.974 bits per heavy atom. The van der Waals surface area contributed by atoms with Gasteiger partial charge in [-0.1, -0.05) is 6.92 Å². The lowest BCUT2D eigenvalue weighted by molar-refractivity contribution is 0.115. The van der Waals surface area contributed by atoms with Gasteiger partial charge in [0.25, 0.3) is 0 Å². The smallest absolute Gasteiger partial charge is 0.477 e. The van der Waals surface area contributed by atoms with Gasteiger partial charge in [-0.3, -0.25) is 20.0 Å². The maximum Gasteiger partial charge on any atom is 0.477 e. The third-order valence-electron chi connectivity index (χ3n) is 17.3. The van der Waals surface area contributed by atoms with E-state index in [1.54, 1.807) is 88.4 Å². The molecule has 2 aliphatic rings. The molecule has 2 fully saturated rings. The Labute approximate surface area is 726 Å². The van der Waals surface area contributed by atoms with E-state index in [9.17, 15) is 45.6 Å². The zero-order chi connectivity index (χ0) is 87.7. The summed E-state index contributed by atoms with van der Waals surface area (Å²) in [6, 6.07) is 18.5. The van der Waals surface area contributed by atoms with Crippen molar-refractivity contribution in [1.29, 1.82) is 0 Å². The molecule has 117 heavy (non-hydrogen) atoms. The molecule has 4 aromatic carbocycles. The molecule has 0 amide bonds. The van der Waals surface area contributed by atoms with E-state index in [0.29, 0.717) is 123 Å². The van der Waals surface area contributed by atoms with Crippen molar-refractivity contribution < 1.29 is 112 Å². The van der Waals surface area contributed by atoms with Crippen LogP contribution in [0, 0.1) is 0 Å². The van der Waals surface area contributed by atoms with Crippen molar-refractivity contribution in [3.05, 3.63) is 95.1 Å². The van der Waals surface area contributed by atoms with Crippen molar-refractivity contribution in [2.24, 2.45) is 20.0 Å². The minimum absolute atomic E-state index is 0.000132. The van der Waals surface area contributed by atoms with Gasteiger partial charge in [0.1, 0.15) is 46.0 Å². The summed E-state index contributed by atoms with van der Waals surface area (Å²) >= 11 is 6.41. The first-order valence-electron chi connectivity index (χ1n) is 39.1. The normalized spacial score (nSPS) is 26.0. The molecule has 9 N–H and O–H groups in total. The predicted octanol–water partition coefficient (Wildman–Crippen LogP) is 15.7. The third kappa shape index (κ3) is 34.9. The number of phenolic OH excluding ortho intramolecular Hbond substituents is 8. The number of aliphatic imine (C=N–C) groups is 4. The molecule has 47 heteroatoms. The van der Waals surface area contributed by atoms with E-state index in [2.05, 4.69) is 19.6 Å². The topological polar surface area (TPSA) is 379 Å². The molecule has 660 valence electrons. The van der Waals surface area contributed by atoms with E-state index >= 15 is 0 Å². The number of fused-ring (bicyclic) bond motifs is 4. The summed E-state index contributed by atoms with van der Waals surface area (Å²) in [4.78, 5) is 32.3. The second-order valence-electron chi connectivity index (χ2n) is 32.9. The first-order valence-corrected chi connectivity index (χ1v) is 79.4. The quantitative estimate of drug-likeness (QED) is 0.00907. The van der Waals surface area contributed by atoms with Crippen LogP contribution in [0.1, 0.15) is 56.9 Å². The van der Waals surface area contributed by atoms with Crippen LogP contribution in [-0.2, 0) is 66.2 Å². The van der Waals surface area contributed by atoms with Gasteiger partial charge in [-0.25, -0.2) is 0 Å². The second-order valence-corrected chi connectivity index (χ2v) is 86.5. The van der Waals surface area contributed by atoms with Crippen LogP contribution in [0.25, 0.3) is 0 Å². The fourth-order valence-corrected chi connectivity index (χ4v) is 87.5. The molecule has 0 aromatic heterocycles. The average Bonchev–Trinajstić information content (AvgIpc) is 0.743. The van der Waals surface area contributed by atoms with Gasteiger partial charge in [-0.15, -0.1) is 0 Å². The third-order valence-corrected chi connectivity index (χ3v) is 77.6. The molecular weight excluding hydrogens is 1820 g/mol. The highest BCUT2D eigenvalue weighted by Gasteiger charge is 2.67. The highest BCUT2D eigenvalue weighted by atomic mass is 32.2. The summed E-state index contributed by atoms with van der Waals surface area (Å²) in [6.45, 7) is 47.2. The van der Waals surface area contributed by atoms with Crippen LogP contribution in [0.15, 0.2) is 92.8 Å². The minimum Gasteiger partial charge on any atom is -0.508 e. The van der Waals surface area contributed by atoms with Crippen LogP contribution in [-0.4, -0.2) is 269 Å². The van der Waals surface area contributed by atoms with Crippen LogP contribution >= 0.6 is 47.0 Å². The highest BCUT2D eigenvalue weighted by molar-refractivity contribution is 8.00. The molecule has 29 nitrogen and oxygen atoms in total. The molecule has 2 heterocycles. The average molecular weight is 1950 g/mol. The molecule has 0 aliphatic carbocycles. The number of phenols is 8. The largest absolute Gasteiger partial charge is 0.508 e. The Morgan fingerprint density at radius 1 is 0.350 bits per heavy atom. The van der Waals surface area contributed by atoms with Gasteiger partial charge in [-0.2, -0.15) is 47.0 Å². The molecule has 2 saturated heterocycles. The Hall–Kier alpha value is -2.28. The minimum atomic E-state index is -4.44. The zero-order valence-electron chi connectivity index (χ0n) is 72.9. The van der Waals surface area contributed by atoms with Gasteiger partial charge in [0.15, 0.2) is 8.32 Å². The number of rotatable bonds is 34. The monoisotopic (exact) mass is 1950 g/mol. The molecular formula is C70H130N4O25S4Si14.